The number of hydrogen-bond donors (Lipinski definition) is 2. The number of para-hydroxylation sites is 1. The van der Waals surface area contributed by atoms with Crippen LogP contribution in [0.1, 0.15) is 33.1 Å². The second-order valence-corrected chi connectivity index (χ2v) is 6.10. The third-order valence-electron chi connectivity index (χ3n) is 3.99. The van der Waals surface area contributed by atoms with Gasteiger partial charge in [0.15, 0.2) is 0 Å². The molecule has 20 heavy (non-hydrogen) atoms. The van der Waals surface area contributed by atoms with Gasteiger partial charge >= 0.3 is 0 Å². The smallest absolute Gasteiger partial charge is 0.144 e. The highest BCUT2D eigenvalue weighted by Gasteiger charge is 2.40. The Bertz CT molecular complexity index is 472. The fourth-order valence-corrected chi connectivity index (χ4v) is 2.88. The maximum Gasteiger partial charge on any atom is 0.144 e. The molecule has 0 radical (unpaired) electrons. The second-order valence-electron chi connectivity index (χ2n) is 6.10. The molecule has 4 heteroatoms. The fraction of sp³-hybridized carbons (Fsp3) is 0.625. The zero-order chi connectivity index (χ0) is 14.1. The summed E-state index contributed by atoms with van der Waals surface area (Å²) < 4.78 is 11.6. The van der Waals surface area contributed by atoms with Crippen LogP contribution in [0, 0.1) is 5.92 Å². The van der Waals surface area contributed by atoms with Crippen molar-refractivity contribution in [2.45, 2.75) is 51.4 Å². The molecule has 4 nitrogen and oxygen atoms in total. The molecule has 0 amide bonds. The summed E-state index contributed by atoms with van der Waals surface area (Å²) in [4.78, 5) is 0. The van der Waals surface area contributed by atoms with Crippen LogP contribution in [0.5, 0.6) is 5.75 Å². The third kappa shape index (κ3) is 2.85. The molecule has 1 saturated heterocycles. The number of benzene rings is 1. The first-order chi connectivity index (χ1) is 9.65. The maximum absolute atomic E-state index is 6.22. The van der Waals surface area contributed by atoms with Crippen molar-refractivity contribution >= 4 is 11.4 Å². The quantitative estimate of drug-likeness (QED) is 0.812. The summed E-state index contributed by atoms with van der Waals surface area (Å²) in [6.07, 6.45) is 4.13. The van der Waals surface area contributed by atoms with Crippen molar-refractivity contribution in [3.8, 4) is 5.75 Å². The van der Waals surface area contributed by atoms with Crippen LogP contribution >= 0.6 is 0 Å². The molecule has 2 fully saturated rings. The highest BCUT2D eigenvalue weighted by atomic mass is 16.5. The summed E-state index contributed by atoms with van der Waals surface area (Å²) in [6.45, 7) is 4.86. The average molecular weight is 276 g/mol. The van der Waals surface area contributed by atoms with Gasteiger partial charge in [-0.05, 0) is 51.2 Å². The van der Waals surface area contributed by atoms with Gasteiger partial charge < -0.3 is 20.5 Å². The van der Waals surface area contributed by atoms with Gasteiger partial charge in [0.2, 0.25) is 0 Å². The fourth-order valence-electron chi connectivity index (χ4n) is 2.88. The minimum Gasteiger partial charge on any atom is -0.489 e. The van der Waals surface area contributed by atoms with Crippen LogP contribution in [0.4, 0.5) is 11.4 Å². The first-order valence-corrected chi connectivity index (χ1v) is 7.58. The predicted octanol–water partition coefficient (Wildman–Crippen LogP) is 3.04. The standard InChI is InChI=1S/C16H24N2O2/c1-10(2)20-14-5-3-4-12(15(14)17)18-13-8-9-19-16(13)11-6-7-11/h3-5,10-11,13,16,18H,6-9,17H2,1-2H3. The van der Waals surface area contributed by atoms with Crippen molar-refractivity contribution in [3.63, 3.8) is 0 Å². The molecule has 1 aliphatic carbocycles. The Labute approximate surface area is 120 Å². The van der Waals surface area contributed by atoms with Gasteiger partial charge in [-0.1, -0.05) is 6.07 Å². The summed E-state index contributed by atoms with van der Waals surface area (Å²) >= 11 is 0. The van der Waals surface area contributed by atoms with Gasteiger partial charge in [0, 0.05) is 6.61 Å². The van der Waals surface area contributed by atoms with Gasteiger partial charge in [0.05, 0.1) is 29.6 Å². The van der Waals surface area contributed by atoms with E-state index in [1.54, 1.807) is 0 Å². The normalized spacial score (nSPS) is 25.9. The molecule has 2 atom stereocenters. The molecular formula is C16H24N2O2. The molecule has 0 aromatic heterocycles. The van der Waals surface area contributed by atoms with Gasteiger partial charge in [-0.3, -0.25) is 0 Å². The minimum absolute atomic E-state index is 0.126. The van der Waals surface area contributed by atoms with E-state index in [2.05, 4.69) is 5.32 Å². The van der Waals surface area contributed by atoms with Crippen molar-refractivity contribution in [3.05, 3.63) is 18.2 Å². The van der Waals surface area contributed by atoms with Gasteiger partial charge in [-0.15, -0.1) is 0 Å². The lowest BCUT2D eigenvalue weighted by Crippen LogP contribution is -2.31. The van der Waals surface area contributed by atoms with E-state index in [9.17, 15) is 0 Å². The van der Waals surface area contributed by atoms with Crippen LogP contribution in [-0.4, -0.2) is 24.9 Å². The highest BCUT2D eigenvalue weighted by molar-refractivity contribution is 5.73. The van der Waals surface area contributed by atoms with Gasteiger partial charge in [0.25, 0.3) is 0 Å². The minimum atomic E-state index is 0.126. The Morgan fingerprint density at radius 3 is 2.80 bits per heavy atom. The average Bonchev–Trinajstić information content (AvgIpc) is 3.14. The maximum atomic E-state index is 6.22. The van der Waals surface area contributed by atoms with E-state index in [0.717, 1.165) is 30.4 Å². The number of nitrogens with two attached hydrogens (primary N) is 1. The number of ether oxygens (including phenoxy) is 2. The SMILES string of the molecule is CC(C)Oc1cccc(NC2CCOC2C2CC2)c1N. The second kappa shape index (κ2) is 5.52. The van der Waals surface area contributed by atoms with Crippen molar-refractivity contribution in [2.75, 3.05) is 17.7 Å². The summed E-state index contributed by atoms with van der Waals surface area (Å²) in [5, 5.41) is 3.56. The van der Waals surface area contributed by atoms with Crippen LogP contribution in [-0.2, 0) is 4.74 Å². The Kier molecular flexibility index (Phi) is 3.74. The summed E-state index contributed by atoms with van der Waals surface area (Å²) in [5.74, 6) is 1.50. The molecule has 1 saturated carbocycles. The summed E-state index contributed by atoms with van der Waals surface area (Å²) in [5.41, 5.74) is 7.88. The van der Waals surface area contributed by atoms with Crippen molar-refractivity contribution in [1.82, 2.24) is 0 Å². The zero-order valence-electron chi connectivity index (χ0n) is 12.3. The van der Waals surface area contributed by atoms with Crippen LogP contribution in [0.25, 0.3) is 0 Å². The number of nitrogens with one attached hydrogen (secondary N) is 1. The number of rotatable bonds is 5. The summed E-state index contributed by atoms with van der Waals surface area (Å²) in [6, 6.07) is 6.30. The molecule has 0 spiro atoms. The topological polar surface area (TPSA) is 56.5 Å². The largest absolute Gasteiger partial charge is 0.489 e. The molecule has 2 unspecified atom stereocenters. The lowest BCUT2D eigenvalue weighted by atomic mass is 10.1. The van der Waals surface area contributed by atoms with Crippen molar-refractivity contribution in [2.24, 2.45) is 5.92 Å². The Hall–Kier alpha value is -1.42. The van der Waals surface area contributed by atoms with E-state index < -0.39 is 0 Å². The number of hydrogen-bond acceptors (Lipinski definition) is 4. The summed E-state index contributed by atoms with van der Waals surface area (Å²) in [7, 11) is 0. The molecule has 0 bridgehead atoms. The number of anilines is 2. The zero-order valence-corrected chi connectivity index (χ0v) is 12.3. The Morgan fingerprint density at radius 1 is 1.30 bits per heavy atom. The molecule has 1 aromatic rings. The van der Waals surface area contributed by atoms with Crippen molar-refractivity contribution < 1.29 is 9.47 Å². The number of nitrogen functional groups attached to an aromatic ring is 1. The van der Waals surface area contributed by atoms with Crippen LogP contribution < -0.4 is 15.8 Å². The lowest BCUT2D eigenvalue weighted by molar-refractivity contribution is 0.0898. The monoisotopic (exact) mass is 276 g/mol. The predicted molar refractivity (Wildman–Crippen MR) is 81.1 cm³/mol. The molecule has 3 rings (SSSR count). The molecule has 110 valence electrons. The lowest BCUT2D eigenvalue weighted by Gasteiger charge is -2.22. The third-order valence-corrected chi connectivity index (χ3v) is 3.99. The molecule has 1 aromatic carbocycles. The van der Waals surface area contributed by atoms with E-state index >= 15 is 0 Å². The van der Waals surface area contributed by atoms with Crippen LogP contribution in [0.3, 0.4) is 0 Å². The molecule has 3 N–H and O–H groups in total. The highest BCUT2D eigenvalue weighted by Crippen LogP contribution is 2.40. The van der Waals surface area contributed by atoms with Crippen molar-refractivity contribution in [1.29, 1.82) is 0 Å². The van der Waals surface area contributed by atoms with E-state index in [1.165, 1.54) is 12.8 Å². The van der Waals surface area contributed by atoms with Crippen LogP contribution in [0.2, 0.25) is 0 Å². The van der Waals surface area contributed by atoms with E-state index in [1.807, 2.05) is 32.0 Å². The van der Waals surface area contributed by atoms with Gasteiger partial charge in [0.1, 0.15) is 5.75 Å². The molecular weight excluding hydrogens is 252 g/mol. The van der Waals surface area contributed by atoms with E-state index in [4.69, 9.17) is 15.2 Å². The van der Waals surface area contributed by atoms with Gasteiger partial charge in [-0.25, -0.2) is 0 Å². The first-order valence-electron chi connectivity index (χ1n) is 7.58. The Balaban J connectivity index is 1.73. The molecule has 2 aliphatic rings. The first kappa shape index (κ1) is 13.6. The van der Waals surface area contributed by atoms with E-state index in [0.29, 0.717) is 17.8 Å². The molecule has 1 heterocycles. The van der Waals surface area contributed by atoms with E-state index in [-0.39, 0.29) is 6.10 Å². The molecule has 1 aliphatic heterocycles. The Morgan fingerprint density at radius 2 is 2.10 bits per heavy atom. The van der Waals surface area contributed by atoms with Crippen LogP contribution in [0.15, 0.2) is 18.2 Å². The van der Waals surface area contributed by atoms with Gasteiger partial charge in [-0.2, -0.15) is 0 Å².